The zero-order chi connectivity index (χ0) is 22.2. The van der Waals surface area contributed by atoms with E-state index >= 15 is 0 Å². The van der Waals surface area contributed by atoms with Gasteiger partial charge in [-0.15, -0.1) is 0 Å². The lowest BCUT2D eigenvalue weighted by molar-refractivity contribution is -0.122. The molecule has 32 heavy (non-hydrogen) atoms. The summed E-state index contributed by atoms with van der Waals surface area (Å²) in [6.07, 6.45) is 7.96. The number of carbonyl (C=O) groups is 2. The Morgan fingerprint density at radius 3 is 2.66 bits per heavy atom. The van der Waals surface area contributed by atoms with Gasteiger partial charge in [-0.25, -0.2) is 0 Å². The molecular weight excluding hydrogens is 408 g/mol. The maximum Gasteiger partial charge on any atom is 0.290 e. The zero-order valence-corrected chi connectivity index (χ0v) is 19.0. The fourth-order valence-electron chi connectivity index (χ4n) is 5.18. The summed E-state index contributed by atoms with van der Waals surface area (Å²) in [5, 5.41) is 7.91. The Morgan fingerprint density at radius 1 is 1.16 bits per heavy atom. The molecule has 2 aromatic heterocycles. The number of aryl methyl sites for hydroxylation is 2. The Bertz CT molecular complexity index is 1010. The predicted molar refractivity (Wildman–Crippen MR) is 118 cm³/mol. The maximum atomic E-state index is 13.0. The first-order valence-corrected chi connectivity index (χ1v) is 11.8. The number of ether oxygens (including phenoxy) is 1. The molecule has 0 spiro atoms. The van der Waals surface area contributed by atoms with Crippen molar-refractivity contribution in [2.24, 2.45) is 5.92 Å². The van der Waals surface area contributed by atoms with E-state index in [1.807, 2.05) is 13.1 Å². The van der Waals surface area contributed by atoms with Crippen LogP contribution in [0.5, 0.6) is 0 Å². The van der Waals surface area contributed by atoms with Crippen LogP contribution in [0.3, 0.4) is 0 Å². The highest BCUT2D eigenvalue weighted by atomic mass is 16.5. The van der Waals surface area contributed by atoms with Crippen molar-refractivity contribution in [2.75, 3.05) is 26.3 Å². The van der Waals surface area contributed by atoms with E-state index in [0.717, 1.165) is 59.7 Å². The molecule has 2 amide bonds. The van der Waals surface area contributed by atoms with Crippen LogP contribution in [0.2, 0.25) is 0 Å². The van der Waals surface area contributed by atoms with Crippen molar-refractivity contribution in [3.63, 3.8) is 0 Å². The molecular formula is C24H32N4O4. The van der Waals surface area contributed by atoms with Crippen molar-refractivity contribution in [2.45, 2.75) is 65.0 Å². The topological polar surface area (TPSA) is 89.6 Å². The largest absolute Gasteiger partial charge is 0.455 e. The van der Waals surface area contributed by atoms with Gasteiger partial charge in [0.1, 0.15) is 12.3 Å². The van der Waals surface area contributed by atoms with Crippen LogP contribution in [0.15, 0.2) is 10.6 Å². The van der Waals surface area contributed by atoms with E-state index in [0.29, 0.717) is 32.1 Å². The summed E-state index contributed by atoms with van der Waals surface area (Å²) < 4.78 is 13.1. The molecule has 2 aliphatic carbocycles. The molecule has 8 heteroatoms. The SMILES string of the molecule is Cc1c(C(=O)N2CCOCC2)oc2c1-c1nn(CC(=O)NC3CCC(C)CC3)cc1CC2. The van der Waals surface area contributed by atoms with Crippen LogP contribution < -0.4 is 5.32 Å². The van der Waals surface area contributed by atoms with Gasteiger partial charge in [0.15, 0.2) is 5.76 Å². The van der Waals surface area contributed by atoms with Crippen molar-refractivity contribution >= 4 is 11.8 Å². The summed E-state index contributed by atoms with van der Waals surface area (Å²) in [5.74, 6) is 1.91. The van der Waals surface area contributed by atoms with Gasteiger partial charge in [0.05, 0.1) is 18.9 Å². The third kappa shape index (κ3) is 4.08. The fraction of sp³-hybridized carbons (Fsp3) is 0.625. The van der Waals surface area contributed by atoms with E-state index in [2.05, 4.69) is 12.2 Å². The number of aromatic nitrogens is 2. The highest BCUT2D eigenvalue weighted by molar-refractivity contribution is 5.95. The Balaban J connectivity index is 1.31. The standard InChI is InChI=1S/C24H32N4O4/c1-15-3-6-18(7-4-15)25-20(29)14-28-13-17-5-8-19-21(22(17)26-28)16(2)23(32-19)24(30)27-9-11-31-12-10-27/h13,15,18H,3-12,14H2,1-2H3,(H,25,29). The third-order valence-corrected chi connectivity index (χ3v) is 7.09. The van der Waals surface area contributed by atoms with Crippen molar-refractivity contribution in [3.05, 3.63) is 28.8 Å². The molecule has 0 atom stereocenters. The Kier molecular flexibility index (Phi) is 5.80. The number of furan rings is 1. The van der Waals surface area contributed by atoms with E-state index in [-0.39, 0.29) is 24.4 Å². The summed E-state index contributed by atoms with van der Waals surface area (Å²) in [5.41, 5.74) is 3.70. The second-order valence-corrected chi connectivity index (χ2v) is 9.48. The second kappa shape index (κ2) is 8.73. The summed E-state index contributed by atoms with van der Waals surface area (Å²) in [6, 6.07) is 0.278. The van der Waals surface area contributed by atoms with E-state index in [1.54, 1.807) is 9.58 Å². The van der Waals surface area contributed by atoms with Gasteiger partial charge < -0.3 is 19.4 Å². The number of rotatable bonds is 4. The Hall–Kier alpha value is -2.61. The normalized spacial score (nSPS) is 22.9. The number of carbonyl (C=O) groups excluding carboxylic acids is 2. The molecule has 1 aliphatic heterocycles. The number of morpholine rings is 1. The summed E-state index contributed by atoms with van der Waals surface area (Å²) in [7, 11) is 0. The molecule has 172 valence electrons. The van der Waals surface area contributed by atoms with Gasteiger partial charge in [0.2, 0.25) is 5.91 Å². The van der Waals surface area contributed by atoms with Gasteiger partial charge in [-0.05, 0) is 50.5 Å². The average molecular weight is 441 g/mol. The molecule has 2 aromatic rings. The van der Waals surface area contributed by atoms with Crippen LogP contribution in [0.4, 0.5) is 0 Å². The minimum absolute atomic E-state index is 0.0109. The smallest absolute Gasteiger partial charge is 0.290 e. The number of hydrogen-bond donors (Lipinski definition) is 1. The van der Waals surface area contributed by atoms with Gasteiger partial charge >= 0.3 is 0 Å². The average Bonchev–Trinajstić information content (AvgIpc) is 3.35. The first-order valence-electron chi connectivity index (χ1n) is 11.8. The highest BCUT2D eigenvalue weighted by Crippen LogP contribution is 2.38. The second-order valence-electron chi connectivity index (χ2n) is 9.48. The van der Waals surface area contributed by atoms with E-state index in [4.69, 9.17) is 14.3 Å². The van der Waals surface area contributed by atoms with Gasteiger partial charge in [0, 0.05) is 42.9 Å². The number of nitrogens with one attached hydrogen (secondary N) is 1. The van der Waals surface area contributed by atoms with Crippen LogP contribution in [0, 0.1) is 12.8 Å². The maximum absolute atomic E-state index is 13.0. The van der Waals surface area contributed by atoms with Gasteiger partial charge in [-0.1, -0.05) is 6.92 Å². The van der Waals surface area contributed by atoms with Crippen LogP contribution >= 0.6 is 0 Å². The third-order valence-electron chi connectivity index (χ3n) is 7.09. The van der Waals surface area contributed by atoms with Crippen molar-refractivity contribution in [1.29, 1.82) is 0 Å². The molecule has 5 rings (SSSR count). The van der Waals surface area contributed by atoms with Crippen LogP contribution in [0.1, 0.15) is 60.0 Å². The lowest BCUT2D eigenvalue weighted by Gasteiger charge is -2.26. The first kappa shape index (κ1) is 21.2. The fourth-order valence-corrected chi connectivity index (χ4v) is 5.18. The first-order chi connectivity index (χ1) is 15.5. The number of amides is 2. The quantitative estimate of drug-likeness (QED) is 0.790. The predicted octanol–water partition coefficient (Wildman–Crippen LogP) is 2.72. The molecule has 0 radical (unpaired) electrons. The van der Waals surface area contributed by atoms with Gasteiger partial charge in [-0.2, -0.15) is 5.10 Å². The lowest BCUT2D eigenvalue weighted by Crippen LogP contribution is -2.40. The molecule has 1 saturated carbocycles. The minimum Gasteiger partial charge on any atom is -0.455 e. The molecule has 0 unspecified atom stereocenters. The minimum atomic E-state index is -0.0811. The molecule has 1 saturated heterocycles. The molecule has 2 fully saturated rings. The van der Waals surface area contributed by atoms with Crippen molar-refractivity contribution in [3.8, 4) is 11.3 Å². The summed E-state index contributed by atoms with van der Waals surface area (Å²) in [6.45, 7) is 6.70. The monoisotopic (exact) mass is 440 g/mol. The molecule has 0 bridgehead atoms. The van der Waals surface area contributed by atoms with Gasteiger partial charge in [0.25, 0.3) is 5.91 Å². The zero-order valence-electron chi connectivity index (χ0n) is 19.0. The highest BCUT2D eigenvalue weighted by Gasteiger charge is 2.32. The van der Waals surface area contributed by atoms with Crippen LogP contribution in [0.25, 0.3) is 11.3 Å². The molecule has 1 N–H and O–H groups in total. The number of nitrogens with zero attached hydrogens (tertiary/aromatic N) is 3. The molecule has 0 aromatic carbocycles. The van der Waals surface area contributed by atoms with E-state index < -0.39 is 0 Å². The van der Waals surface area contributed by atoms with Crippen LogP contribution in [-0.4, -0.2) is 58.8 Å². The number of hydrogen-bond acceptors (Lipinski definition) is 5. The Labute approximate surface area is 188 Å². The molecule has 3 aliphatic rings. The van der Waals surface area contributed by atoms with Crippen molar-refractivity contribution in [1.82, 2.24) is 20.0 Å². The van der Waals surface area contributed by atoms with E-state index in [9.17, 15) is 9.59 Å². The Morgan fingerprint density at radius 2 is 1.91 bits per heavy atom. The summed E-state index contributed by atoms with van der Waals surface area (Å²) in [4.78, 5) is 27.4. The van der Waals surface area contributed by atoms with Crippen LogP contribution in [-0.2, 0) is 28.9 Å². The molecule has 3 heterocycles. The molecule has 8 nitrogen and oxygen atoms in total. The lowest BCUT2D eigenvalue weighted by atomic mass is 9.87. The van der Waals surface area contributed by atoms with Crippen molar-refractivity contribution < 1.29 is 18.7 Å². The summed E-state index contributed by atoms with van der Waals surface area (Å²) >= 11 is 0. The number of fused-ring (bicyclic) bond motifs is 3. The van der Waals surface area contributed by atoms with Gasteiger partial charge in [-0.3, -0.25) is 14.3 Å². The van der Waals surface area contributed by atoms with E-state index in [1.165, 1.54) is 12.8 Å².